The Hall–Kier alpha value is -1.31. The van der Waals surface area contributed by atoms with E-state index in [9.17, 15) is 0 Å². The van der Waals surface area contributed by atoms with Crippen molar-refractivity contribution in [3.63, 3.8) is 0 Å². The molecule has 16 heavy (non-hydrogen) atoms. The van der Waals surface area contributed by atoms with Crippen LogP contribution in [0.4, 0.5) is 5.69 Å². The lowest BCUT2D eigenvalue weighted by Crippen LogP contribution is -1.93. The first-order chi connectivity index (χ1) is 7.52. The predicted molar refractivity (Wildman–Crippen MR) is 75.5 cm³/mol. The molecule has 1 aromatic carbocycles. The van der Waals surface area contributed by atoms with Crippen LogP contribution in [0.15, 0.2) is 18.2 Å². The molecule has 0 aliphatic carbocycles. The van der Waals surface area contributed by atoms with E-state index in [1.165, 1.54) is 11.8 Å². The van der Waals surface area contributed by atoms with E-state index in [1.54, 1.807) is 6.92 Å². The standard InChI is InChI=1S/C10H15N.C2H5N.C2H6/c1-7(2)9-5-4-8(3)10(11)6-9;1-2-3;1-2/h4-7H,11H2,1-3H3;2-3H,1H3;1-2H3. The van der Waals surface area contributed by atoms with Crippen molar-refractivity contribution in [2.24, 2.45) is 0 Å². The van der Waals surface area contributed by atoms with Crippen molar-refractivity contribution >= 4 is 11.9 Å². The molecule has 1 rings (SSSR count). The van der Waals surface area contributed by atoms with Crippen LogP contribution in [-0.4, -0.2) is 6.21 Å². The minimum atomic E-state index is 0.567. The van der Waals surface area contributed by atoms with Crippen LogP contribution in [0.25, 0.3) is 0 Å². The van der Waals surface area contributed by atoms with Gasteiger partial charge in [-0.2, -0.15) is 0 Å². The molecule has 0 amide bonds. The molecule has 0 aliphatic heterocycles. The fraction of sp³-hybridized carbons (Fsp3) is 0.500. The minimum Gasteiger partial charge on any atom is -0.399 e. The summed E-state index contributed by atoms with van der Waals surface area (Å²) in [5, 5.41) is 6.08. The van der Waals surface area contributed by atoms with E-state index in [1.807, 2.05) is 20.8 Å². The number of benzene rings is 1. The Morgan fingerprint density at radius 1 is 1.25 bits per heavy atom. The molecule has 0 bridgehead atoms. The number of hydrogen-bond donors (Lipinski definition) is 2. The first-order valence-electron chi connectivity index (χ1n) is 5.84. The summed E-state index contributed by atoms with van der Waals surface area (Å²) in [5.41, 5.74) is 9.13. The van der Waals surface area contributed by atoms with Gasteiger partial charge < -0.3 is 11.1 Å². The smallest absolute Gasteiger partial charge is 0.0346 e. The highest BCUT2D eigenvalue weighted by Gasteiger charge is 1.99. The number of hydrogen-bond acceptors (Lipinski definition) is 2. The highest BCUT2D eigenvalue weighted by atomic mass is 14.6. The Balaban J connectivity index is 0. The molecular formula is C14H26N2. The van der Waals surface area contributed by atoms with Gasteiger partial charge in [-0.25, -0.2) is 0 Å². The van der Waals surface area contributed by atoms with Crippen molar-refractivity contribution in [2.75, 3.05) is 5.73 Å². The van der Waals surface area contributed by atoms with Gasteiger partial charge in [-0.15, -0.1) is 0 Å². The Morgan fingerprint density at radius 3 is 2.00 bits per heavy atom. The van der Waals surface area contributed by atoms with Gasteiger partial charge in [0.1, 0.15) is 0 Å². The number of nitrogens with two attached hydrogens (primary N) is 1. The molecule has 0 spiro atoms. The van der Waals surface area contributed by atoms with Gasteiger partial charge in [0.15, 0.2) is 0 Å². The largest absolute Gasteiger partial charge is 0.399 e. The van der Waals surface area contributed by atoms with Crippen LogP contribution in [0.2, 0.25) is 0 Å². The highest BCUT2D eigenvalue weighted by Crippen LogP contribution is 2.19. The summed E-state index contributed by atoms with van der Waals surface area (Å²) in [4.78, 5) is 0. The summed E-state index contributed by atoms with van der Waals surface area (Å²) in [7, 11) is 0. The van der Waals surface area contributed by atoms with E-state index < -0.39 is 0 Å². The molecule has 2 heteroatoms. The lowest BCUT2D eigenvalue weighted by molar-refractivity contribution is 0.866. The van der Waals surface area contributed by atoms with Crippen LogP contribution in [0, 0.1) is 12.3 Å². The average molecular weight is 222 g/mol. The van der Waals surface area contributed by atoms with Gasteiger partial charge in [0.25, 0.3) is 0 Å². The van der Waals surface area contributed by atoms with Crippen LogP contribution in [0.5, 0.6) is 0 Å². The maximum atomic E-state index is 6.08. The summed E-state index contributed by atoms with van der Waals surface area (Å²) in [6.45, 7) is 12.0. The van der Waals surface area contributed by atoms with Gasteiger partial charge in [-0.3, -0.25) is 0 Å². The number of nitrogen functional groups attached to an aromatic ring is 1. The molecule has 0 aromatic heterocycles. The molecule has 3 N–H and O–H groups in total. The minimum absolute atomic E-state index is 0.567. The van der Waals surface area contributed by atoms with Crippen molar-refractivity contribution < 1.29 is 0 Å². The van der Waals surface area contributed by atoms with Crippen LogP contribution in [-0.2, 0) is 0 Å². The molecule has 0 radical (unpaired) electrons. The summed E-state index contributed by atoms with van der Waals surface area (Å²) in [6.07, 6.45) is 1.25. The normalized spacial score (nSPS) is 8.44. The third kappa shape index (κ3) is 7.04. The Kier molecular flexibility index (Phi) is 10.9. The van der Waals surface area contributed by atoms with Gasteiger partial charge in [0, 0.05) is 5.69 Å². The average Bonchev–Trinajstić information content (AvgIpc) is 2.26. The van der Waals surface area contributed by atoms with Gasteiger partial charge in [-0.1, -0.05) is 39.8 Å². The Labute approximate surface area is 100 Å². The van der Waals surface area contributed by atoms with Gasteiger partial charge in [0.2, 0.25) is 0 Å². The second-order valence-corrected chi connectivity index (χ2v) is 3.56. The van der Waals surface area contributed by atoms with Crippen molar-refractivity contribution in [2.45, 2.75) is 47.5 Å². The van der Waals surface area contributed by atoms with Crippen LogP contribution < -0.4 is 5.73 Å². The molecule has 0 aliphatic rings. The maximum absolute atomic E-state index is 6.08. The quantitative estimate of drug-likeness (QED) is 0.537. The van der Waals surface area contributed by atoms with Gasteiger partial charge in [0.05, 0.1) is 0 Å². The van der Waals surface area contributed by atoms with Crippen LogP contribution in [0.3, 0.4) is 0 Å². The molecule has 1 aromatic rings. The monoisotopic (exact) mass is 222 g/mol. The summed E-state index contributed by atoms with van der Waals surface area (Å²) in [6, 6.07) is 6.26. The van der Waals surface area contributed by atoms with E-state index in [-0.39, 0.29) is 0 Å². The molecule has 2 nitrogen and oxygen atoms in total. The van der Waals surface area contributed by atoms with Crippen molar-refractivity contribution in [1.29, 1.82) is 5.41 Å². The van der Waals surface area contributed by atoms with Crippen molar-refractivity contribution in [1.82, 2.24) is 0 Å². The third-order valence-electron chi connectivity index (χ3n) is 1.97. The van der Waals surface area contributed by atoms with E-state index in [4.69, 9.17) is 11.1 Å². The molecule has 0 atom stereocenters. The number of nitrogens with one attached hydrogen (secondary N) is 1. The first kappa shape index (κ1) is 17.1. The second kappa shape index (κ2) is 10.2. The molecule has 92 valence electrons. The second-order valence-electron chi connectivity index (χ2n) is 3.56. The fourth-order valence-electron chi connectivity index (χ4n) is 1.02. The van der Waals surface area contributed by atoms with Crippen molar-refractivity contribution in [3.05, 3.63) is 29.3 Å². The topological polar surface area (TPSA) is 49.9 Å². The van der Waals surface area contributed by atoms with E-state index in [0.717, 1.165) is 11.3 Å². The maximum Gasteiger partial charge on any atom is 0.0346 e. The van der Waals surface area contributed by atoms with Gasteiger partial charge in [-0.05, 0) is 43.2 Å². The fourth-order valence-corrected chi connectivity index (χ4v) is 1.02. The van der Waals surface area contributed by atoms with Crippen LogP contribution in [0.1, 0.15) is 51.7 Å². The molecular weight excluding hydrogens is 196 g/mol. The van der Waals surface area contributed by atoms with Crippen molar-refractivity contribution in [3.8, 4) is 0 Å². The van der Waals surface area contributed by atoms with E-state index in [0.29, 0.717) is 5.92 Å². The Morgan fingerprint density at radius 2 is 1.69 bits per heavy atom. The highest BCUT2D eigenvalue weighted by molar-refractivity contribution is 5.49. The molecule has 0 fully saturated rings. The zero-order chi connectivity index (χ0) is 13.1. The van der Waals surface area contributed by atoms with Gasteiger partial charge >= 0.3 is 0 Å². The Bertz CT molecular complexity index is 291. The zero-order valence-electron chi connectivity index (χ0n) is 11.5. The summed E-state index contributed by atoms with van der Waals surface area (Å²) in [5.74, 6) is 0.567. The summed E-state index contributed by atoms with van der Waals surface area (Å²) < 4.78 is 0. The van der Waals surface area contributed by atoms with E-state index >= 15 is 0 Å². The zero-order valence-corrected chi connectivity index (χ0v) is 11.5. The lowest BCUT2D eigenvalue weighted by Gasteiger charge is -2.07. The predicted octanol–water partition coefficient (Wildman–Crippen LogP) is 4.38. The number of rotatable bonds is 1. The number of anilines is 1. The van der Waals surface area contributed by atoms with E-state index in [2.05, 4.69) is 32.0 Å². The molecule has 0 heterocycles. The van der Waals surface area contributed by atoms with Crippen LogP contribution >= 0.6 is 0 Å². The molecule has 0 saturated carbocycles. The number of aryl methyl sites for hydroxylation is 1. The summed E-state index contributed by atoms with van der Waals surface area (Å²) >= 11 is 0. The lowest BCUT2D eigenvalue weighted by atomic mass is 10.0. The third-order valence-corrected chi connectivity index (χ3v) is 1.97. The molecule has 0 unspecified atom stereocenters. The first-order valence-corrected chi connectivity index (χ1v) is 5.84. The molecule has 0 saturated heterocycles. The SMILES string of the molecule is CC.CC=N.Cc1ccc(C(C)C)cc1N.